The fourth-order valence-corrected chi connectivity index (χ4v) is 4.11. The van der Waals surface area contributed by atoms with Crippen molar-refractivity contribution in [1.29, 1.82) is 0 Å². The smallest absolute Gasteiger partial charge is 0.362 e. The highest BCUT2D eigenvalue weighted by Crippen LogP contribution is 2.27. The van der Waals surface area contributed by atoms with Gasteiger partial charge in [0.25, 0.3) is 11.8 Å². The summed E-state index contributed by atoms with van der Waals surface area (Å²) < 4.78 is 37.2. The van der Waals surface area contributed by atoms with Crippen molar-refractivity contribution < 1.29 is 36.9 Å². The van der Waals surface area contributed by atoms with Crippen molar-refractivity contribution in [1.82, 2.24) is 14.6 Å². The second kappa shape index (κ2) is 9.15. The van der Waals surface area contributed by atoms with Gasteiger partial charge in [0.1, 0.15) is 18.8 Å². The van der Waals surface area contributed by atoms with Gasteiger partial charge in [0, 0.05) is 12.3 Å². The van der Waals surface area contributed by atoms with Crippen LogP contribution in [0.3, 0.4) is 0 Å². The van der Waals surface area contributed by atoms with E-state index < -0.39 is 40.2 Å². The Balaban J connectivity index is 2.14. The minimum atomic E-state index is -4.82. The van der Waals surface area contributed by atoms with Crippen LogP contribution in [-0.4, -0.2) is 71.6 Å². The summed E-state index contributed by atoms with van der Waals surface area (Å²) in [5.74, 6) is -2.39. The van der Waals surface area contributed by atoms with Crippen molar-refractivity contribution in [3.8, 4) is 0 Å². The Labute approximate surface area is 169 Å². The van der Waals surface area contributed by atoms with Gasteiger partial charge in [-0.3, -0.25) is 18.9 Å². The highest BCUT2D eigenvalue weighted by atomic mass is 32.2. The lowest BCUT2D eigenvalue weighted by atomic mass is 9.94. The van der Waals surface area contributed by atoms with E-state index in [1.54, 1.807) is 0 Å². The van der Waals surface area contributed by atoms with Crippen LogP contribution in [-0.2, 0) is 34.3 Å². The van der Waals surface area contributed by atoms with Gasteiger partial charge in [-0.05, 0) is 12.8 Å². The molecule has 2 atom stereocenters. The number of thiazole rings is 1. The molecule has 0 radical (unpaired) electrons. The largest absolute Gasteiger partial charge is 0.466 e. The van der Waals surface area contributed by atoms with E-state index in [9.17, 15) is 27.4 Å². The molecule has 1 aromatic rings. The molecule has 160 valence electrons. The number of carbonyl (C=O) groups is 3. The third-order valence-electron chi connectivity index (χ3n) is 3.82. The van der Waals surface area contributed by atoms with E-state index in [2.05, 4.69) is 20.3 Å². The summed E-state index contributed by atoms with van der Waals surface area (Å²) in [5, 5.41) is 7.57. The van der Waals surface area contributed by atoms with Crippen LogP contribution in [0.15, 0.2) is 10.5 Å². The molecule has 1 aliphatic heterocycles. The highest BCUT2D eigenvalue weighted by Gasteiger charge is 2.53. The van der Waals surface area contributed by atoms with E-state index in [0.717, 1.165) is 11.3 Å². The van der Waals surface area contributed by atoms with Gasteiger partial charge in [-0.15, -0.1) is 11.3 Å². The third-order valence-corrected chi connectivity index (χ3v) is 5.44. The molecule has 1 saturated heterocycles. The average molecular weight is 449 g/mol. The average Bonchev–Trinajstić information content (AvgIpc) is 3.04. The quantitative estimate of drug-likeness (QED) is 0.104. The molecule has 2 rings (SSSR count). The lowest BCUT2D eigenvalue weighted by Gasteiger charge is -2.44. The Morgan fingerprint density at radius 3 is 2.69 bits per heavy atom. The molecule has 0 aliphatic carbocycles. The fraction of sp³-hybridized carbons (Fsp3) is 0.500. The molecule has 1 fully saturated rings. The monoisotopic (exact) mass is 449 g/mol. The second-order valence-electron chi connectivity index (χ2n) is 5.81. The van der Waals surface area contributed by atoms with Gasteiger partial charge in [0.15, 0.2) is 10.8 Å². The van der Waals surface area contributed by atoms with E-state index in [1.165, 1.54) is 19.4 Å². The fourth-order valence-electron chi connectivity index (χ4n) is 2.66. The molecular formula is C14H19N5O8S2. The Kier molecular flexibility index (Phi) is 7.10. The predicted octanol–water partition coefficient (Wildman–Crippen LogP) is -1.08. The Morgan fingerprint density at radius 2 is 2.17 bits per heavy atom. The molecule has 13 nitrogen and oxygen atoms in total. The molecule has 2 heterocycles. The number of carbonyl (C=O) groups excluding carboxylic acids is 3. The minimum Gasteiger partial charge on any atom is -0.466 e. The third kappa shape index (κ3) is 5.39. The van der Waals surface area contributed by atoms with Crippen molar-refractivity contribution >= 4 is 50.3 Å². The van der Waals surface area contributed by atoms with Crippen LogP contribution in [0.2, 0.25) is 0 Å². The Bertz CT molecular complexity index is 928. The highest BCUT2D eigenvalue weighted by molar-refractivity contribution is 7.84. The molecule has 1 aromatic heterocycles. The summed E-state index contributed by atoms with van der Waals surface area (Å²) in [5.41, 5.74) is 5.38. The van der Waals surface area contributed by atoms with Gasteiger partial charge >= 0.3 is 16.3 Å². The molecular weight excluding hydrogens is 430 g/mol. The zero-order valence-electron chi connectivity index (χ0n) is 15.4. The molecule has 0 aromatic carbocycles. The summed E-state index contributed by atoms with van der Waals surface area (Å²) in [6.45, 7) is 1.19. The van der Waals surface area contributed by atoms with E-state index in [-0.39, 0.29) is 40.3 Å². The number of nitrogens with zero attached hydrogens (tertiary/aromatic N) is 3. The van der Waals surface area contributed by atoms with E-state index in [1.807, 2.05) is 0 Å². The molecule has 4 N–H and O–H groups in total. The van der Waals surface area contributed by atoms with Gasteiger partial charge in [0.2, 0.25) is 0 Å². The van der Waals surface area contributed by atoms with E-state index in [0.29, 0.717) is 0 Å². The second-order valence-corrected chi connectivity index (χ2v) is 7.98. The number of rotatable bonds is 9. The summed E-state index contributed by atoms with van der Waals surface area (Å²) in [6.07, 6.45) is 0.224. The number of nitrogen functional groups attached to an aromatic ring is 1. The van der Waals surface area contributed by atoms with Crippen LogP contribution >= 0.6 is 11.3 Å². The van der Waals surface area contributed by atoms with Gasteiger partial charge in [-0.25, -0.2) is 9.29 Å². The van der Waals surface area contributed by atoms with Gasteiger partial charge in [-0.2, -0.15) is 8.42 Å². The first-order chi connectivity index (χ1) is 13.6. The van der Waals surface area contributed by atoms with Gasteiger partial charge in [0.05, 0.1) is 12.6 Å². The number of hydrogen-bond donors (Lipinski definition) is 3. The Hall–Kier alpha value is -2.78. The lowest BCUT2D eigenvalue weighted by Crippen LogP contribution is -2.72. The topological polar surface area (TPSA) is 191 Å². The number of ether oxygens (including phenoxy) is 1. The molecule has 0 bridgehead atoms. The number of β-lactam (4-membered cyclic amide) rings is 1. The molecule has 0 unspecified atom stereocenters. The van der Waals surface area contributed by atoms with Crippen LogP contribution in [0.5, 0.6) is 0 Å². The molecule has 15 heteroatoms. The van der Waals surface area contributed by atoms with Crippen molar-refractivity contribution in [3.05, 3.63) is 11.1 Å². The lowest BCUT2D eigenvalue weighted by molar-refractivity contribution is -0.146. The molecule has 0 spiro atoms. The maximum atomic E-state index is 12.6. The molecule has 29 heavy (non-hydrogen) atoms. The van der Waals surface area contributed by atoms with Crippen LogP contribution < -0.4 is 11.1 Å². The summed E-state index contributed by atoms with van der Waals surface area (Å²) in [6, 6.07) is -2.32. The van der Waals surface area contributed by atoms with Crippen molar-refractivity contribution in [3.63, 3.8) is 0 Å². The van der Waals surface area contributed by atoms with Gasteiger partial charge in [-0.1, -0.05) is 5.16 Å². The van der Waals surface area contributed by atoms with Crippen LogP contribution in [0.4, 0.5) is 5.13 Å². The molecule has 2 amide bonds. The predicted molar refractivity (Wildman–Crippen MR) is 100 cm³/mol. The number of hydrogen-bond acceptors (Lipinski definition) is 11. The standard InChI is InChI=1S/C14H19N5O8S2/c1-7(20)27-5-3-4-9-11(13(22)19(9)29(23,24)25)17-12(21)10(18-26-2)8-6-28-14(15)16-8/h6,9,11H,3-5H2,1-2H3,(H2,15,16)(H,17,21)(H,23,24,25)/b18-10-/t9-,11+/m1/s1. The summed E-state index contributed by atoms with van der Waals surface area (Å²) >= 11 is 1.06. The number of nitrogens with one attached hydrogen (secondary N) is 1. The maximum Gasteiger partial charge on any atom is 0.362 e. The Morgan fingerprint density at radius 1 is 1.48 bits per heavy atom. The van der Waals surface area contributed by atoms with Crippen LogP contribution in [0.1, 0.15) is 25.5 Å². The van der Waals surface area contributed by atoms with Crippen molar-refractivity contribution in [2.45, 2.75) is 31.8 Å². The maximum absolute atomic E-state index is 12.6. The number of amides is 2. The number of nitrogens with two attached hydrogens (primary N) is 1. The number of anilines is 1. The van der Waals surface area contributed by atoms with E-state index >= 15 is 0 Å². The number of esters is 1. The summed E-state index contributed by atoms with van der Waals surface area (Å²) in [7, 11) is -3.62. The van der Waals surface area contributed by atoms with Crippen molar-refractivity contribution in [2.24, 2.45) is 5.16 Å². The molecule has 1 aliphatic rings. The first-order valence-electron chi connectivity index (χ1n) is 8.13. The molecule has 0 saturated carbocycles. The minimum absolute atomic E-state index is 0.0194. The van der Waals surface area contributed by atoms with Crippen molar-refractivity contribution in [2.75, 3.05) is 19.5 Å². The zero-order valence-corrected chi connectivity index (χ0v) is 17.0. The van der Waals surface area contributed by atoms with E-state index in [4.69, 9.17) is 10.5 Å². The first-order valence-corrected chi connectivity index (χ1v) is 10.4. The number of oxime groups is 1. The normalized spacial score (nSPS) is 19.5. The summed E-state index contributed by atoms with van der Waals surface area (Å²) in [4.78, 5) is 44.1. The SMILES string of the molecule is CO/N=C(\C(=O)N[C@@H]1C(=O)N(S(=O)(=O)O)[C@@H]1CCCOC(C)=O)c1csc(N)n1. The number of aromatic nitrogens is 1. The first kappa shape index (κ1) is 22.5. The van der Waals surface area contributed by atoms with Crippen LogP contribution in [0, 0.1) is 0 Å². The van der Waals surface area contributed by atoms with Gasteiger partial charge < -0.3 is 20.6 Å². The van der Waals surface area contributed by atoms with Crippen LogP contribution in [0.25, 0.3) is 0 Å². The zero-order chi connectivity index (χ0) is 21.8.